The molecule has 0 spiro atoms. The van der Waals surface area contributed by atoms with Crippen molar-refractivity contribution >= 4 is 5.97 Å². The highest BCUT2D eigenvalue weighted by atomic mass is 16.6. The third kappa shape index (κ3) is 7.65. The average Bonchev–Trinajstić information content (AvgIpc) is 2.91. The second kappa shape index (κ2) is 6.21. The molecule has 0 heterocycles. The third-order valence-corrected chi connectivity index (χ3v) is 2.16. The second-order valence-corrected chi connectivity index (χ2v) is 5.28. The van der Waals surface area contributed by atoms with Crippen LogP contribution in [0.3, 0.4) is 0 Å². The van der Waals surface area contributed by atoms with E-state index in [0.29, 0.717) is 13.2 Å². The quantitative estimate of drug-likeness (QED) is 0.529. The summed E-state index contributed by atoms with van der Waals surface area (Å²) in [5.74, 6) is 0.584. The Kier molecular flexibility index (Phi) is 5.22. The lowest BCUT2D eigenvalue weighted by Crippen LogP contribution is -2.33. The molecule has 1 N–H and O–H groups in total. The van der Waals surface area contributed by atoms with Crippen LogP contribution in [0.15, 0.2) is 0 Å². The van der Waals surface area contributed by atoms with E-state index >= 15 is 0 Å². The minimum absolute atomic E-state index is 0.213. The van der Waals surface area contributed by atoms with Crippen molar-refractivity contribution in [3.05, 3.63) is 0 Å². The molecule has 1 rings (SSSR count). The molecule has 0 aromatic carbocycles. The van der Waals surface area contributed by atoms with Gasteiger partial charge in [0.2, 0.25) is 0 Å². The van der Waals surface area contributed by atoms with Gasteiger partial charge in [-0.05, 0) is 39.5 Å². The Bertz CT molecular complexity index is 219. The van der Waals surface area contributed by atoms with E-state index in [-0.39, 0.29) is 12.5 Å². The van der Waals surface area contributed by atoms with Gasteiger partial charge >= 0.3 is 5.97 Å². The van der Waals surface area contributed by atoms with Gasteiger partial charge in [-0.3, -0.25) is 4.79 Å². The van der Waals surface area contributed by atoms with Crippen molar-refractivity contribution in [1.82, 2.24) is 5.32 Å². The molecule has 16 heavy (non-hydrogen) atoms. The van der Waals surface area contributed by atoms with Crippen molar-refractivity contribution in [2.45, 2.75) is 39.2 Å². The highest BCUT2D eigenvalue weighted by Crippen LogP contribution is 2.28. The van der Waals surface area contributed by atoms with Gasteiger partial charge in [0.1, 0.15) is 5.60 Å². The van der Waals surface area contributed by atoms with Crippen LogP contribution in [0.2, 0.25) is 0 Å². The average molecular weight is 229 g/mol. The van der Waals surface area contributed by atoms with Crippen molar-refractivity contribution in [2.75, 3.05) is 26.3 Å². The first-order valence-electron chi connectivity index (χ1n) is 5.98. The molecular weight excluding hydrogens is 206 g/mol. The zero-order valence-corrected chi connectivity index (χ0v) is 10.5. The van der Waals surface area contributed by atoms with Crippen LogP contribution in [0, 0.1) is 5.92 Å². The van der Waals surface area contributed by atoms with Crippen molar-refractivity contribution < 1.29 is 14.3 Å². The molecule has 1 aliphatic rings. The first-order valence-corrected chi connectivity index (χ1v) is 5.98. The lowest BCUT2D eigenvalue weighted by molar-refractivity contribution is -0.153. The maximum absolute atomic E-state index is 11.3. The van der Waals surface area contributed by atoms with Crippen LogP contribution < -0.4 is 5.32 Å². The van der Waals surface area contributed by atoms with E-state index in [0.717, 1.165) is 12.5 Å². The fourth-order valence-corrected chi connectivity index (χ4v) is 1.25. The Morgan fingerprint density at radius 3 is 2.62 bits per heavy atom. The predicted molar refractivity (Wildman–Crippen MR) is 62.3 cm³/mol. The maximum Gasteiger partial charge on any atom is 0.320 e. The fraction of sp³-hybridized carbons (Fsp3) is 0.917. The molecule has 0 amide bonds. The fourth-order valence-electron chi connectivity index (χ4n) is 1.25. The van der Waals surface area contributed by atoms with Crippen molar-refractivity contribution in [2.24, 2.45) is 5.92 Å². The summed E-state index contributed by atoms with van der Waals surface area (Å²) in [5.41, 5.74) is -0.402. The standard InChI is InChI=1S/C12H23NO3/c1-12(2,3)16-11(14)8-13-6-7-15-9-10-4-5-10/h10,13H,4-9H2,1-3H3. The van der Waals surface area contributed by atoms with E-state index in [1.54, 1.807) is 0 Å². The smallest absolute Gasteiger partial charge is 0.320 e. The van der Waals surface area contributed by atoms with E-state index in [2.05, 4.69) is 5.32 Å². The molecule has 0 unspecified atom stereocenters. The molecule has 1 fully saturated rings. The zero-order valence-electron chi connectivity index (χ0n) is 10.5. The van der Waals surface area contributed by atoms with Crippen LogP contribution in [0.5, 0.6) is 0 Å². The number of carbonyl (C=O) groups is 1. The summed E-state index contributed by atoms with van der Waals surface area (Å²) in [6, 6.07) is 0. The van der Waals surface area contributed by atoms with Crippen LogP contribution in [-0.2, 0) is 14.3 Å². The van der Waals surface area contributed by atoms with E-state index in [9.17, 15) is 4.79 Å². The van der Waals surface area contributed by atoms with Gasteiger partial charge in [0.25, 0.3) is 0 Å². The van der Waals surface area contributed by atoms with Gasteiger partial charge in [-0.15, -0.1) is 0 Å². The topological polar surface area (TPSA) is 47.6 Å². The SMILES string of the molecule is CC(C)(C)OC(=O)CNCCOCC1CC1. The maximum atomic E-state index is 11.3. The number of ether oxygens (including phenoxy) is 2. The lowest BCUT2D eigenvalue weighted by Gasteiger charge is -2.19. The Morgan fingerprint density at radius 2 is 2.06 bits per heavy atom. The Balaban J connectivity index is 1.87. The van der Waals surface area contributed by atoms with E-state index in [4.69, 9.17) is 9.47 Å². The van der Waals surface area contributed by atoms with Gasteiger partial charge in [0.15, 0.2) is 0 Å². The van der Waals surface area contributed by atoms with E-state index in [1.807, 2.05) is 20.8 Å². The highest BCUT2D eigenvalue weighted by Gasteiger charge is 2.20. The first-order chi connectivity index (χ1) is 7.47. The highest BCUT2D eigenvalue weighted by molar-refractivity contribution is 5.72. The molecule has 0 bridgehead atoms. The van der Waals surface area contributed by atoms with Crippen LogP contribution in [0.25, 0.3) is 0 Å². The molecule has 0 aromatic heterocycles. The Morgan fingerprint density at radius 1 is 1.38 bits per heavy atom. The van der Waals surface area contributed by atoms with Gasteiger partial charge in [-0.25, -0.2) is 0 Å². The van der Waals surface area contributed by atoms with Crippen LogP contribution >= 0.6 is 0 Å². The number of hydrogen-bond donors (Lipinski definition) is 1. The summed E-state index contributed by atoms with van der Waals surface area (Å²) in [6.07, 6.45) is 2.62. The lowest BCUT2D eigenvalue weighted by atomic mass is 10.2. The molecule has 0 radical (unpaired) electrons. The van der Waals surface area contributed by atoms with Crippen molar-refractivity contribution in [1.29, 1.82) is 0 Å². The number of nitrogens with one attached hydrogen (secondary N) is 1. The molecule has 0 aliphatic heterocycles. The predicted octanol–water partition coefficient (Wildman–Crippen LogP) is 1.34. The first kappa shape index (κ1) is 13.5. The number of rotatable bonds is 7. The monoisotopic (exact) mass is 229 g/mol. The zero-order chi connectivity index (χ0) is 12.0. The van der Waals surface area contributed by atoms with Crippen LogP contribution in [-0.4, -0.2) is 37.9 Å². The Hall–Kier alpha value is -0.610. The summed E-state index contributed by atoms with van der Waals surface area (Å²) in [6.45, 7) is 8.08. The summed E-state index contributed by atoms with van der Waals surface area (Å²) in [7, 11) is 0. The van der Waals surface area contributed by atoms with E-state index < -0.39 is 5.60 Å². The molecule has 0 aromatic rings. The summed E-state index contributed by atoms with van der Waals surface area (Å²) in [5, 5.41) is 3.00. The summed E-state index contributed by atoms with van der Waals surface area (Å²) >= 11 is 0. The molecule has 1 aliphatic carbocycles. The normalized spacial score (nSPS) is 16.2. The number of carbonyl (C=O) groups excluding carboxylic acids is 1. The molecule has 0 atom stereocenters. The molecule has 1 saturated carbocycles. The molecule has 94 valence electrons. The van der Waals surface area contributed by atoms with E-state index in [1.165, 1.54) is 12.8 Å². The largest absolute Gasteiger partial charge is 0.459 e. The van der Waals surface area contributed by atoms with Gasteiger partial charge in [0.05, 0.1) is 13.2 Å². The number of esters is 1. The Labute approximate surface area is 97.7 Å². The molecule has 4 heteroatoms. The minimum Gasteiger partial charge on any atom is -0.459 e. The van der Waals surface area contributed by atoms with Gasteiger partial charge < -0.3 is 14.8 Å². The van der Waals surface area contributed by atoms with Crippen molar-refractivity contribution in [3.63, 3.8) is 0 Å². The van der Waals surface area contributed by atoms with Crippen LogP contribution in [0.4, 0.5) is 0 Å². The summed E-state index contributed by atoms with van der Waals surface area (Å²) in [4.78, 5) is 11.3. The minimum atomic E-state index is -0.402. The van der Waals surface area contributed by atoms with Crippen LogP contribution in [0.1, 0.15) is 33.6 Å². The van der Waals surface area contributed by atoms with Gasteiger partial charge in [-0.1, -0.05) is 0 Å². The molecule has 4 nitrogen and oxygen atoms in total. The molecular formula is C12H23NO3. The van der Waals surface area contributed by atoms with Crippen molar-refractivity contribution in [3.8, 4) is 0 Å². The third-order valence-electron chi connectivity index (χ3n) is 2.16. The number of hydrogen-bond acceptors (Lipinski definition) is 4. The second-order valence-electron chi connectivity index (χ2n) is 5.28. The molecule has 0 saturated heterocycles. The van der Waals surface area contributed by atoms with Gasteiger partial charge in [0, 0.05) is 13.2 Å². The summed E-state index contributed by atoms with van der Waals surface area (Å²) < 4.78 is 10.6. The van der Waals surface area contributed by atoms with Gasteiger partial charge in [-0.2, -0.15) is 0 Å².